The van der Waals surface area contributed by atoms with Crippen LogP contribution in [0, 0.1) is 5.92 Å². The maximum Gasteiger partial charge on any atom is 0.128 e. The van der Waals surface area contributed by atoms with Crippen LogP contribution in [0.15, 0.2) is 18.3 Å². The molecule has 0 amide bonds. The first-order valence-electron chi connectivity index (χ1n) is 7.69. The van der Waals surface area contributed by atoms with Crippen LogP contribution < -0.4 is 10.2 Å². The summed E-state index contributed by atoms with van der Waals surface area (Å²) in [7, 11) is 2.14. The number of aromatic nitrogens is 1. The van der Waals surface area contributed by atoms with Crippen LogP contribution in [0.2, 0.25) is 0 Å². The zero-order chi connectivity index (χ0) is 14.4. The number of ether oxygens (including phenoxy) is 1. The van der Waals surface area contributed by atoms with Crippen molar-refractivity contribution in [2.75, 3.05) is 38.3 Å². The quantitative estimate of drug-likeness (QED) is 0.867. The van der Waals surface area contributed by atoms with Gasteiger partial charge < -0.3 is 15.0 Å². The van der Waals surface area contributed by atoms with E-state index in [1.54, 1.807) is 0 Å². The van der Waals surface area contributed by atoms with E-state index in [0.29, 0.717) is 6.04 Å². The second kappa shape index (κ2) is 7.60. The van der Waals surface area contributed by atoms with E-state index < -0.39 is 0 Å². The van der Waals surface area contributed by atoms with Crippen LogP contribution in [0.4, 0.5) is 5.82 Å². The Labute approximate surface area is 122 Å². The minimum Gasteiger partial charge on any atom is -0.381 e. The number of rotatable bonds is 6. The molecule has 0 spiro atoms. The molecule has 1 N–H and O–H groups in total. The molecule has 1 aliphatic heterocycles. The normalized spacial score (nSPS) is 17.9. The highest BCUT2D eigenvalue weighted by atomic mass is 16.5. The summed E-state index contributed by atoms with van der Waals surface area (Å²) in [6.45, 7) is 8.19. The van der Waals surface area contributed by atoms with Gasteiger partial charge in [0, 0.05) is 39.0 Å². The van der Waals surface area contributed by atoms with Crippen LogP contribution in [0.25, 0.3) is 0 Å². The van der Waals surface area contributed by atoms with Crippen molar-refractivity contribution in [1.29, 1.82) is 0 Å². The van der Waals surface area contributed by atoms with Crippen molar-refractivity contribution in [1.82, 2.24) is 10.3 Å². The summed E-state index contributed by atoms with van der Waals surface area (Å²) in [4.78, 5) is 6.79. The molecular formula is C16H27N3O. The van der Waals surface area contributed by atoms with Gasteiger partial charge in [0.05, 0.1) is 0 Å². The Bertz CT molecular complexity index is 404. The van der Waals surface area contributed by atoms with Gasteiger partial charge in [-0.1, -0.05) is 6.92 Å². The Morgan fingerprint density at radius 1 is 1.45 bits per heavy atom. The van der Waals surface area contributed by atoms with E-state index in [1.807, 2.05) is 6.20 Å². The minimum atomic E-state index is 0.373. The lowest BCUT2D eigenvalue weighted by atomic mass is 10.00. The van der Waals surface area contributed by atoms with Crippen LogP contribution in [-0.2, 0) is 4.74 Å². The lowest BCUT2D eigenvalue weighted by Crippen LogP contribution is -2.30. The van der Waals surface area contributed by atoms with Crippen LogP contribution in [-0.4, -0.2) is 38.3 Å². The largest absolute Gasteiger partial charge is 0.381 e. The van der Waals surface area contributed by atoms with Crippen molar-refractivity contribution in [3.05, 3.63) is 23.9 Å². The molecular weight excluding hydrogens is 250 g/mol. The van der Waals surface area contributed by atoms with Gasteiger partial charge in [-0.15, -0.1) is 0 Å². The average Bonchev–Trinajstić information content (AvgIpc) is 2.48. The molecule has 0 aromatic carbocycles. The fourth-order valence-corrected chi connectivity index (χ4v) is 2.75. The van der Waals surface area contributed by atoms with Gasteiger partial charge in [0.15, 0.2) is 0 Å². The molecule has 1 atom stereocenters. The van der Waals surface area contributed by atoms with Gasteiger partial charge in [-0.3, -0.25) is 0 Å². The van der Waals surface area contributed by atoms with E-state index in [-0.39, 0.29) is 0 Å². The average molecular weight is 277 g/mol. The van der Waals surface area contributed by atoms with Gasteiger partial charge in [-0.25, -0.2) is 4.98 Å². The number of pyridine rings is 1. The highest BCUT2D eigenvalue weighted by Crippen LogP contribution is 2.21. The first-order chi connectivity index (χ1) is 9.70. The molecule has 0 bridgehead atoms. The number of nitrogens with zero attached hydrogens (tertiary/aromatic N) is 2. The third-order valence-corrected chi connectivity index (χ3v) is 4.04. The Hall–Kier alpha value is -1.13. The molecule has 4 nitrogen and oxygen atoms in total. The fraction of sp³-hybridized carbons (Fsp3) is 0.688. The van der Waals surface area contributed by atoms with Gasteiger partial charge in [0.2, 0.25) is 0 Å². The second-order valence-corrected chi connectivity index (χ2v) is 5.66. The lowest BCUT2D eigenvalue weighted by Gasteiger charge is -2.28. The summed E-state index contributed by atoms with van der Waals surface area (Å²) in [5, 5.41) is 3.45. The van der Waals surface area contributed by atoms with E-state index in [1.165, 1.54) is 5.56 Å². The van der Waals surface area contributed by atoms with E-state index in [4.69, 9.17) is 4.74 Å². The van der Waals surface area contributed by atoms with Crippen molar-refractivity contribution in [3.63, 3.8) is 0 Å². The summed E-state index contributed by atoms with van der Waals surface area (Å²) in [5.41, 5.74) is 1.30. The zero-order valence-electron chi connectivity index (χ0n) is 12.9. The lowest BCUT2D eigenvalue weighted by molar-refractivity contribution is 0.0685. The molecule has 4 heteroatoms. The Kier molecular flexibility index (Phi) is 5.80. The summed E-state index contributed by atoms with van der Waals surface area (Å²) in [6.07, 6.45) is 4.24. The molecule has 0 radical (unpaired) electrons. The standard InChI is InChI=1S/C16H27N3O/c1-4-17-13(2)15-5-8-18-16(11-15)19(3)12-14-6-9-20-10-7-14/h5,8,11,13-14,17H,4,6-7,9-10,12H2,1-3H3. The highest BCUT2D eigenvalue weighted by molar-refractivity contribution is 5.41. The van der Waals surface area contributed by atoms with Gasteiger partial charge >= 0.3 is 0 Å². The summed E-state index contributed by atoms with van der Waals surface area (Å²) < 4.78 is 5.42. The zero-order valence-corrected chi connectivity index (χ0v) is 12.9. The Morgan fingerprint density at radius 3 is 2.90 bits per heavy atom. The molecule has 112 valence electrons. The molecule has 1 aromatic rings. The van der Waals surface area contributed by atoms with Crippen LogP contribution in [0.3, 0.4) is 0 Å². The van der Waals surface area contributed by atoms with E-state index >= 15 is 0 Å². The van der Waals surface area contributed by atoms with Crippen molar-refractivity contribution in [2.45, 2.75) is 32.7 Å². The molecule has 0 aliphatic carbocycles. The van der Waals surface area contributed by atoms with Gasteiger partial charge in [-0.05, 0) is 49.9 Å². The predicted molar refractivity (Wildman–Crippen MR) is 83.1 cm³/mol. The molecule has 2 rings (SSSR count). The Balaban J connectivity index is 1.98. The van der Waals surface area contributed by atoms with Crippen molar-refractivity contribution >= 4 is 5.82 Å². The van der Waals surface area contributed by atoms with Gasteiger partial charge in [0.1, 0.15) is 5.82 Å². The molecule has 1 aromatic heterocycles. The first-order valence-corrected chi connectivity index (χ1v) is 7.69. The van der Waals surface area contributed by atoms with Gasteiger partial charge in [-0.2, -0.15) is 0 Å². The highest BCUT2D eigenvalue weighted by Gasteiger charge is 2.17. The predicted octanol–water partition coefficient (Wildman–Crippen LogP) is 2.61. The van der Waals surface area contributed by atoms with Crippen molar-refractivity contribution in [2.24, 2.45) is 5.92 Å². The molecule has 1 fully saturated rings. The summed E-state index contributed by atoms with van der Waals surface area (Å²) >= 11 is 0. The minimum absolute atomic E-state index is 0.373. The summed E-state index contributed by atoms with van der Waals surface area (Å²) in [6, 6.07) is 4.67. The van der Waals surface area contributed by atoms with Crippen molar-refractivity contribution < 1.29 is 4.74 Å². The SMILES string of the molecule is CCNC(C)c1ccnc(N(C)CC2CCOCC2)c1. The second-order valence-electron chi connectivity index (χ2n) is 5.66. The molecule has 20 heavy (non-hydrogen) atoms. The number of nitrogens with one attached hydrogen (secondary N) is 1. The fourth-order valence-electron chi connectivity index (χ4n) is 2.75. The molecule has 2 heterocycles. The smallest absolute Gasteiger partial charge is 0.128 e. The maximum atomic E-state index is 5.42. The van der Waals surface area contributed by atoms with E-state index in [0.717, 1.165) is 50.9 Å². The number of hydrogen-bond acceptors (Lipinski definition) is 4. The van der Waals surface area contributed by atoms with Gasteiger partial charge in [0.25, 0.3) is 0 Å². The van der Waals surface area contributed by atoms with Crippen LogP contribution in [0.5, 0.6) is 0 Å². The Morgan fingerprint density at radius 2 is 2.20 bits per heavy atom. The van der Waals surface area contributed by atoms with E-state index in [9.17, 15) is 0 Å². The monoisotopic (exact) mass is 277 g/mol. The number of anilines is 1. The van der Waals surface area contributed by atoms with Crippen LogP contribution >= 0.6 is 0 Å². The van der Waals surface area contributed by atoms with Crippen LogP contribution in [0.1, 0.15) is 38.3 Å². The topological polar surface area (TPSA) is 37.4 Å². The molecule has 1 unspecified atom stereocenters. The third kappa shape index (κ3) is 4.18. The van der Waals surface area contributed by atoms with Crippen molar-refractivity contribution in [3.8, 4) is 0 Å². The summed E-state index contributed by atoms with van der Waals surface area (Å²) in [5.74, 6) is 1.80. The third-order valence-electron chi connectivity index (χ3n) is 4.04. The maximum absolute atomic E-state index is 5.42. The van der Waals surface area contributed by atoms with E-state index in [2.05, 4.69) is 48.2 Å². The number of hydrogen-bond donors (Lipinski definition) is 1. The first kappa shape index (κ1) is 15.3. The molecule has 0 saturated carbocycles. The molecule has 1 saturated heterocycles. The molecule has 1 aliphatic rings.